The Labute approximate surface area is 130 Å². The highest BCUT2D eigenvalue weighted by atomic mass is 16.5. The van der Waals surface area contributed by atoms with Gasteiger partial charge in [-0.3, -0.25) is 4.98 Å². The van der Waals surface area contributed by atoms with E-state index in [-0.39, 0.29) is 0 Å². The average molecular weight is 293 g/mol. The van der Waals surface area contributed by atoms with Crippen LogP contribution in [0, 0.1) is 0 Å². The van der Waals surface area contributed by atoms with Crippen LogP contribution in [0.1, 0.15) is 13.8 Å². The fourth-order valence-electron chi connectivity index (χ4n) is 2.60. The highest BCUT2D eigenvalue weighted by Crippen LogP contribution is 2.38. The topological polar surface area (TPSA) is 31.4 Å². The van der Waals surface area contributed by atoms with E-state index in [4.69, 9.17) is 9.47 Å². The third-order valence-corrected chi connectivity index (χ3v) is 3.50. The molecule has 0 saturated carbocycles. The largest absolute Gasteiger partial charge is 0.490 e. The van der Waals surface area contributed by atoms with Crippen LogP contribution < -0.4 is 9.47 Å². The summed E-state index contributed by atoms with van der Waals surface area (Å²) in [5, 5.41) is 2.10. The molecule has 0 amide bonds. The van der Waals surface area contributed by atoms with E-state index < -0.39 is 0 Å². The second-order valence-corrected chi connectivity index (χ2v) is 4.88. The van der Waals surface area contributed by atoms with Gasteiger partial charge in [0.05, 0.1) is 18.9 Å². The normalized spacial score (nSPS) is 10.6. The van der Waals surface area contributed by atoms with E-state index >= 15 is 0 Å². The molecule has 1 heterocycles. The Bertz CT molecular complexity index is 769. The summed E-state index contributed by atoms with van der Waals surface area (Å²) in [6, 6.07) is 16.2. The molecule has 0 unspecified atom stereocenters. The van der Waals surface area contributed by atoms with Gasteiger partial charge in [-0.05, 0) is 32.0 Å². The number of rotatable bonds is 5. The third kappa shape index (κ3) is 2.62. The molecule has 22 heavy (non-hydrogen) atoms. The quantitative estimate of drug-likeness (QED) is 0.683. The van der Waals surface area contributed by atoms with Crippen LogP contribution in [-0.4, -0.2) is 18.2 Å². The fraction of sp³-hybridized carbons (Fsp3) is 0.211. The summed E-state index contributed by atoms with van der Waals surface area (Å²) in [6.07, 6.45) is 1.82. The van der Waals surface area contributed by atoms with E-state index in [2.05, 4.69) is 23.2 Å². The maximum atomic E-state index is 5.84. The van der Waals surface area contributed by atoms with Gasteiger partial charge in [-0.2, -0.15) is 0 Å². The molecule has 3 heteroatoms. The molecule has 0 saturated heterocycles. The van der Waals surface area contributed by atoms with Gasteiger partial charge in [-0.25, -0.2) is 0 Å². The highest BCUT2D eigenvalue weighted by molar-refractivity contribution is 5.99. The lowest BCUT2D eigenvalue weighted by molar-refractivity contribution is 0.291. The first-order valence-corrected chi connectivity index (χ1v) is 7.57. The molecule has 1 aromatic heterocycles. The van der Waals surface area contributed by atoms with E-state index in [0.717, 1.165) is 33.5 Å². The first kappa shape index (κ1) is 14.4. The summed E-state index contributed by atoms with van der Waals surface area (Å²) in [5.41, 5.74) is 2.06. The first-order valence-electron chi connectivity index (χ1n) is 7.57. The van der Waals surface area contributed by atoms with Gasteiger partial charge in [0.15, 0.2) is 11.5 Å². The molecule has 0 radical (unpaired) electrons. The summed E-state index contributed by atoms with van der Waals surface area (Å²) < 4.78 is 11.5. The molecule has 0 spiro atoms. The minimum atomic E-state index is 0.599. The van der Waals surface area contributed by atoms with Crippen molar-refractivity contribution < 1.29 is 9.47 Å². The minimum Gasteiger partial charge on any atom is -0.490 e. The van der Waals surface area contributed by atoms with Gasteiger partial charge in [0.25, 0.3) is 0 Å². The molecule has 0 aliphatic carbocycles. The average Bonchev–Trinajstić information content (AvgIpc) is 2.57. The van der Waals surface area contributed by atoms with Crippen molar-refractivity contribution in [2.24, 2.45) is 0 Å². The van der Waals surface area contributed by atoms with E-state index in [0.29, 0.717) is 13.2 Å². The van der Waals surface area contributed by atoms with Crippen molar-refractivity contribution in [1.82, 2.24) is 4.98 Å². The smallest absolute Gasteiger partial charge is 0.169 e. The molecule has 3 aromatic rings. The number of pyridine rings is 1. The Balaban J connectivity index is 2.24. The van der Waals surface area contributed by atoms with Crippen LogP contribution in [0.2, 0.25) is 0 Å². The lowest BCUT2D eigenvalue weighted by Crippen LogP contribution is -1.99. The van der Waals surface area contributed by atoms with Crippen molar-refractivity contribution in [1.29, 1.82) is 0 Å². The van der Waals surface area contributed by atoms with Crippen molar-refractivity contribution in [2.75, 3.05) is 13.2 Å². The first-order chi connectivity index (χ1) is 10.8. The van der Waals surface area contributed by atoms with Crippen LogP contribution in [0.3, 0.4) is 0 Å². The van der Waals surface area contributed by atoms with Crippen molar-refractivity contribution in [3.63, 3.8) is 0 Å². The number of fused-ring (bicyclic) bond motifs is 1. The van der Waals surface area contributed by atoms with Crippen molar-refractivity contribution in [3.05, 3.63) is 54.7 Å². The van der Waals surface area contributed by atoms with E-state index in [9.17, 15) is 0 Å². The number of hydrogen-bond acceptors (Lipinski definition) is 3. The van der Waals surface area contributed by atoms with Crippen LogP contribution in [-0.2, 0) is 0 Å². The second kappa shape index (κ2) is 6.48. The predicted octanol–water partition coefficient (Wildman–Crippen LogP) is 4.70. The summed E-state index contributed by atoms with van der Waals surface area (Å²) in [5.74, 6) is 1.57. The van der Waals surface area contributed by atoms with Gasteiger partial charge < -0.3 is 9.47 Å². The third-order valence-electron chi connectivity index (χ3n) is 3.50. The SMILES string of the molecule is CCOc1ccc2c(-c3ccccc3)nccc2c1OCC. The Hall–Kier alpha value is -2.55. The number of nitrogens with zero attached hydrogens (tertiary/aromatic N) is 1. The van der Waals surface area contributed by atoms with Gasteiger partial charge in [0.2, 0.25) is 0 Å². The van der Waals surface area contributed by atoms with Gasteiger partial charge in [-0.15, -0.1) is 0 Å². The maximum Gasteiger partial charge on any atom is 0.169 e. The van der Waals surface area contributed by atoms with Crippen LogP contribution in [0.25, 0.3) is 22.0 Å². The molecule has 0 atom stereocenters. The van der Waals surface area contributed by atoms with Crippen molar-refractivity contribution in [2.45, 2.75) is 13.8 Å². The van der Waals surface area contributed by atoms with E-state index in [1.165, 1.54) is 0 Å². The van der Waals surface area contributed by atoms with Gasteiger partial charge >= 0.3 is 0 Å². The minimum absolute atomic E-state index is 0.599. The molecule has 112 valence electrons. The zero-order chi connectivity index (χ0) is 15.4. The van der Waals surface area contributed by atoms with Gasteiger partial charge in [0, 0.05) is 22.5 Å². The Morgan fingerprint density at radius 2 is 1.59 bits per heavy atom. The molecule has 2 aromatic carbocycles. The van der Waals surface area contributed by atoms with Crippen molar-refractivity contribution in [3.8, 4) is 22.8 Å². The molecule has 0 aliphatic heterocycles. The molecular formula is C19H19NO2. The van der Waals surface area contributed by atoms with Crippen LogP contribution >= 0.6 is 0 Å². The van der Waals surface area contributed by atoms with Crippen LogP contribution in [0.4, 0.5) is 0 Å². The molecule has 0 fully saturated rings. The van der Waals surface area contributed by atoms with E-state index in [1.807, 2.05) is 50.4 Å². The zero-order valence-electron chi connectivity index (χ0n) is 12.9. The monoisotopic (exact) mass is 293 g/mol. The van der Waals surface area contributed by atoms with Gasteiger partial charge in [-0.1, -0.05) is 30.3 Å². The number of aromatic nitrogens is 1. The Kier molecular flexibility index (Phi) is 4.24. The molecule has 0 bridgehead atoms. The summed E-state index contributed by atoms with van der Waals surface area (Å²) in [4.78, 5) is 4.56. The zero-order valence-corrected chi connectivity index (χ0v) is 12.9. The lowest BCUT2D eigenvalue weighted by atomic mass is 10.0. The number of ether oxygens (including phenoxy) is 2. The summed E-state index contributed by atoms with van der Waals surface area (Å²) >= 11 is 0. The predicted molar refractivity (Wildman–Crippen MR) is 89.5 cm³/mol. The number of hydrogen-bond donors (Lipinski definition) is 0. The standard InChI is InChI=1S/C19H19NO2/c1-3-21-17-11-10-15-16(19(17)22-4-2)12-13-20-18(15)14-8-6-5-7-9-14/h5-13H,3-4H2,1-2H3. The summed E-state index contributed by atoms with van der Waals surface area (Å²) in [6.45, 7) is 5.17. The lowest BCUT2D eigenvalue weighted by Gasteiger charge is -2.15. The fourth-order valence-corrected chi connectivity index (χ4v) is 2.60. The molecule has 0 N–H and O–H groups in total. The Morgan fingerprint density at radius 3 is 2.32 bits per heavy atom. The van der Waals surface area contributed by atoms with E-state index in [1.54, 1.807) is 0 Å². The second-order valence-electron chi connectivity index (χ2n) is 4.88. The van der Waals surface area contributed by atoms with Crippen LogP contribution in [0.15, 0.2) is 54.7 Å². The number of benzene rings is 2. The molecule has 0 aliphatic rings. The Morgan fingerprint density at radius 1 is 0.818 bits per heavy atom. The molecular weight excluding hydrogens is 274 g/mol. The summed E-state index contributed by atoms with van der Waals surface area (Å²) in [7, 11) is 0. The van der Waals surface area contributed by atoms with Gasteiger partial charge in [0.1, 0.15) is 0 Å². The highest BCUT2D eigenvalue weighted by Gasteiger charge is 2.13. The van der Waals surface area contributed by atoms with Crippen LogP contribution in [0.5, 0.6) is 11.5 Å². The molecule has 3 nitrogen and oxygen atoms in total. The molecule has 3 rings (SSSR count). The maximum absolute atomic E-state index is 5.84. The van der Waals surface area contributed by atoms with Crippen molar-refractivity contribution >= 4 is 10.8 Å².